The molecule has 0 unspecified atom stereocenters. The molecule has 0 heterocycles. The maximum Gasteiger partial charge on any atom is 0.262 e. The van der Waals surface area contributed by atoms with Crippen molar-refractivity contribution in [2.75, 3.05) is 17.7 Å². The molecule has 0 spiro atoms. The highest BCUT2D eigenvalue weighted by Gasteiger charge is 2.09. The molecule has 1 amide bonds. The zero-order valence-corrected chi connectivity index (χ0v) is 13.7. The monoisotopic (exact) mass is 368 g/mol. The lowest BCUT2D eigenvalue weighted by molar-refractivity contribution is -0.118. The Labute approximate surface area is 136 Å². The number of benzene rings is 2. The number of nitrogen functional groups attached to an aromatic ring is 1. The van der Waals surface area contributed by atoms with Gasteiger partial charge in [0.1, 0.15) is 5.75 Å². The van der Waals surface area contributed by atoms with Crippen LogP contribution in [-0.4, -0.2) is 12.5 Å². The Morgan fingerprint density at radius 1 is 1.38 bits per heavy atom. The second kappa shape index (κ2) is 6.83. The van der Waals surface area contributed by atoms with Crippen LogP contribution in [0.3, 0.4) is 0 Å². The van der Waals surface area contributed by atoms with Gasteiger partial charge in [-0.1, -0.05) is 23.7 Å². The minimum Gasteiger partial charge on any atom is -0.483 e. The summed E-state index contributed by atoms with van der Waals surface area (Å²) >= 11 is 9.17. The number of ether oxygens (including phenoxy) is 1. The molecular formula is C15H14BrClN2O2. The average molecular weight is 370 g/mol. The van der Waals surface area contributed by atoms with Gasteiger partial charge in [0.2, 0.25) is 0 Å². The van der Waals surface area contributed by atoms with Gasteiger partial charge in [0.15, 0.2) is 6.61 Å². The van der Waals surface area contributed by atoms with E-state index in [1.807, 2.05) is 19.1 Å². The van der Waals surface area contributed by atoms with E-state index >= 15 is 0 Å². The van der Waals surface area contributed by atoms with Crippen LogP contribution < -0.4 is 15.8 Å². The molecule has 0 bridgehead atoms. The molecular weight excluding hydrogens is 356 g/mol. The normalized spacial score (nSPS) is 10.2. The largest absolute Gasteiger partial charge is 0.483 e. The van der Waals surface area contributed by atoms with Crippen LogP contribution in [0.25, 0.3) is 0 Å². The van der Waals surface area contributed by atoms with Crippen LogP contribution in [0.2, 0.25) is 5.02 Å². The minimum absolute atomic E-state index is 0.117. The molecule has 0 fully saturated rings. The van der Waals surface area contributed by atoms with Crippen molar-refractivity contribution in [3.63, 3.8) is 0 Å². The summed E-state index contributed by atoms with van der Waals surface area (Å²) in [4.78, 5) is 11.9. The van der Waals surface area contributed by atoms with Crippen LogP contribution in [-0.2, 0) is 4.79 Å². The average Bonchev–Trinajstić information content (AvgIpc) is 2.42. The van der Waals surface area contributed by atoms with Gasteiger partial charge < -0.3 is 15.8 Å². The predicted octanol–water partition coefficient (Wildman–Crippen LogP) is 4.01. The molecule has 2 rings (SSSR count). The predicted molar refractivity (Wildman–Crippen MR) is 88.9 cm³/mol. The van der Waals surface area contributed by atoms with E-state index in [2.05, 4.69) is 21.2 Å². The van der Waals surface area contributed by atoms with Crippen molar-refractivity contribution in [1.82, 2.24) is 0 Å². The highest BCUT2D eigenvalue weighted by atomic mass is 79.9. The van der Waals surface area contributed by atoms with Crippen molar-refractivity contribution in [3.8, 4) is 5.75 Å². The van der Waals surface area contributed by atoms with Crippen LogP contribution in [0, 0.1) is 6.92 Å². The Balaban J connectivity index is 1.99. The van der Waals surface area contributed by atoms with Crippen molar-refractivity contribution in [1.29, 1.82) is 0 Å². The number of hydrogen-bond acceptors (Lipinski definition) is 3. The first-order valence-corrected chi connectivity index (χ1v) is 7.37. The lowest BCUT2D eigenvalue weighted by atomic mass is 10.1. The van der Waals surface area contributed by atoms with Crippen molar-refractivity contribution >= 4 is 44.8 Å². The molecule has 0 saturated heterocycles. The summed E-state index contributed by atoms with van der Waals surface area (Å²) in [5.74, 6) is 0.269. The van der Waals surface area contributed by atoms with Gasteiger partial charge in [-0.3, -0.25) is 4.79 Å². The highest BCUT2D eigenvalue weighted by Crippen LogP contribution is 2.28. The number of para-hydroxylation sites is 1. The number of amides is 1. The molecule has 0 atom stereocenters. The third kappa shape index (κ3) is 4.12. The first-order chi connectivity index (χ1) is 9.97. The summed E-state index contributed by atoms with van der Waals surface area (Å²) in [5, 5.41) is 3.34. The van der Waals surface area contributed by atoms with Crippen LogP contribution in [0.15, 0.2) is 40.9 Å². The Hall–Kier alpha value is -1.72. The van der Waals surface area contributed by atoms with Crippen molar-refractivity contribution in [2.45, 2.75) is 6.92 Å². The molecule has 0 aliphatic carbocycles. The summed E-state index contributed by atoms with van der Waals surface area (Å²) in [6.07, 6.45) is 0. The van der Waals surface area contributed by atoms with Crippen LogP contribution in [0.4, 0.5) is 11.4 Å². The Morgan fingerprint density at radius 2 is 2.14 bits per heavy atom. The molecule has 2 aromatic rings. The number of nitrogens with one attached hydrogen (secondary N) is 1. The van der Waals surface area contributed by atoms with Crippen molar-refractivity contribution in [2.24, 2.45) is 0 Å². The van der Waals surface area contributed by atoms with Gasteiger partial charge in [-0.05, 0) is 52.7 Å². The number of carbonyl (C=O) groups is 1. The molecule has 21 heavy (non-hydrogen) atoms. The van der Waals surface area contributed by atoms with Crippen molar-refractivity contribution in [3.05, 3.63) is 51.5 Å². The summed E-state index contributed by atoms with van der Waals surface area (Å²) in [5.41, 5.74) is 7.88. The summed E-state index contributed by atoms with van der Waals surface area (Å²) in [6.45, 7) is 1.76. The summed E-state index contributed by atoms with van der Waals surface area (Å²) in [6, 6.07) is 10.5. The van der Waals surface area contributed by atoms with Gasteiger partial charge in [0, 0.05) is 5.02 Å². The van der Waals surface area contributed by atoms with E-state index in [0.717, 1.165) is 5.56 Å². The van der Waals surface area contributed by atoms with E-state index in [4.69, 9.17) is 22.1 Å². The quantitative estimate of drug-likeness (QED) is 0.800. The lowest BCUT2D eigenvalue weighted by Crippen LogP contribution is -2.21. The zero-order valence-electron chi connectivity index (χ0n) is 11.3. The Bertz CT molecular complexity index is 656. The fraction of sp³-hybridized carbons (Fsp3) is 0.133. The van der Waals surface area contributed by atoms with E-state index in [1.165, 1.54) is 0 Å². The van der Waals surface area contributed by atoms with Crippen LogP contribution in [0.1, 0.15) is 5.56 Å². The molecule has 3 N–H and O–H groups in total. The number of aryl methyl sites for hydroxylation is 1. The van der Waals surface area contributed by atoms with Crippen molar-refractivity contribution < 1.29 is 9.53 Å². The molecule has 0 radical (unpaired) electrons. The summed E-state index contributed by atoms with van der Waals surface area (Å²) in [7, 11) is 0. The first kappa shape index (κ1) is 15.7. The van der Waals surface area contributed by atoms with E-state index < -0.39 is 0 Å². The van der Waals surface area contributed by atoms with Gasteiger partial charge in [-0.15, -0.1) is 0 Å². The van der Waals surface area contributed by atoms with E-state index in [0.29, 0.717) is 26.6 Å². The van der Waals surface area contributed by atoms with Gasteiger partial charge in [0.25, 0.3) is 5.91 Å². The van der Waals surface area contributed by atoms with Gasteiger partial charge in [-0.2, -0.15) is 0 Å². The lowest BCUT2D eigenvalue weighted by Gasteiger charge is -2.12. The molecule has 2 aromatic carbocycles. The van der Waals surface area contributed by atoms with E-state index in [1.54, 1.807) is 24.3 Å². The van der Waals surface area contributed by atoms with E-state index in [-0.39, 0.29) is 12.5 Å². The third-order valence-corrected chi connectivity index (χ3v) is 3.68. The third-order valence-electron chi connectivity index (χ3n) is 2.82. The standard InChI is InChI=1S/C15H14BrClN2O2/c1-9-3-2-4-12(18)15(9)19-14(20)8-21-13-6-5-10(17)7-11(13)16/h2-7H,8,18H2,1H3,(H,19,20). The molecule has 0 aromatic heterocycles. The number of carbonyl (C=O) groups excluding carboxylic acids is 1. The second-order valence-corrected chi connectivity index (χ2v) is 5.74. The smallest absolute Gasteiger partial charge is 0.262 e. The highest BCUT2D eigenvalue weighted by molar-refractivity contribution is 9.10. The second-order valence-electron chi connectivity index (χ2n) is 4.45. The molecule has 0 saturated carbocycles. The summed E-state index contributed by atoms with van der Waals surface area (Å²) < 4.78 is 6.14. The Kier molecular flexibility index (Phi) is 5.09. The molecule has 4 nitrogen and oxygen atoms in total. The maximum absolute atomic E-state index is 11.9. The number of nitrogens with two attached hydrogens (primary N) is 1. The fourth-order valence-corrected chi connectivity index (χ4v) is 2.57. The SMILES string of the molecule is Cc1cccc(N)c1NC(=O)COc1ccc(Cl)cc1Br. The fourth-order valence-electron chi connectivity index (χ4n) is 1.77. The van der Waals surface area contributed by atoms with Gasteiger partial charge >= 0.3 is 0 Å². The molecule has 6 heteroatoms. The zero-order chi connectivity index (χ0) is 15.4. The number of hydrogen-bond donors (Lipinski definition) is 2. The minimum atomic E-state index is -0.280. The first-order valence-electron chi connectivity index (χ1n) is 6.20. The maximum atomic E-state index is 11.9. The molecule has 0 aliphatic heterocycles. The molecule has 0 aliphatic rings. The number of halogens is 2. The number of rotatable bonds is 4. The number of anilines is 2. The van der Waals surface area contributed by atoms with Gasteiger partial charge in [-0.25, -0.2) is 0 Å². The van der Waals surface area contributed by atoms with Crippen LogP contribution in [0.5, 0.6) is 5.75 Å². The topological polar surface area (TPSA) is 64.3 Å². The van der Waals surface area contributed by atoms with Crippen LogP contribution >= 0.6 is 27.5 Å². The van der Waals surface area contributed by atoms with E-state index in [9.17, 15) is 4.79 Å². The van der Waals surface area contributed by atoms with Gasteiger partial charge in [0.05, 0.1) is 15.8 Å². The Morgan fingerprint density at radius 3 is 2.81 bits per heavy atom. The molecule has 110 valence electrons.